The Balaban J connectivity index is 2.40. The van der Waals surface area contributed by atoms with Gasteiger partial charge in [-0.2, -0.15) is 0 Å². The maximum Gasteiger partial charge on any atom is 0.175 e. The summed E-state index contributed by atoms with van der Waals surface area (Å²) in [6.45, 7) is 0. The molecule has 21 heavy (non-hydrogen) atoms. The summed E-state index contributed by atoms with van der Waals surface area (Å²) in [4.78, 5) is 0.274. The van der Waals surface area contributed by atoms with E-state index in [-0.39, 0.29) is 4.90 Å². The number of alkyl halides is 1. The maximum atomic E-state index is 11.5. The van der Waals surface area contributed by atoms with E-state index in [1.807, 2.05) is 18.2 Å². The van der Waals surface area contributed by atoms with Crippen LogP contribution in [0.2, 0.25) is 0 Å². The summed E-state index contributed by atoms with van der Waals surface area (Å²) >= 11 is 9.91. The summed E-state index contributed by atoms with van der Waals surface area (Å²) in [7, 11) is -1.62. The smallest absolute Gasteiger partial charge is 0.175 e. The van der Waals surface area contributed by atoms with E-state index in [1.54, 1.807) is 31.4 Å². The van der Waals surface area contributed by atoms with Crippen LogP contribution in [-0.4, -0.2) is 21.8 Å². The van der Waals surface area contributed by atoms with Gasteiger partial charge in [-0.1, -0.05) is 28.1 Å². The van der Waals surface area contributed by atoms with Crippen LogP contribution in [0.15, 0.2) is 51.8 Å². The molecule has 1 atom stereocenters. The van der Waals surface area contributed by atoms with Crippen LogP contribution in [0.1, 0.15) is 16.5 Å². The second kappa shape index (κ2) is 6.38. The lowest BCUT2D eigenvalue weighted by Gasteiger charge is -2.15. The fourth-order valence-electron chi connectivity index (χ4n) is 1.97. The van der Waals surface area contributed by atoms with E-state index < -0.39 is 15.2 Å². The molecule has 0 fully saturated rings. The SMILES string of the molecule is COc1ccc(Br)cc1C(Cl)c1ccc(S(C)(=O)=O)cc1. The Hall–Kier alpha value is -1.04. The van der Waals surface area contributed by atoms with Crippen molar-refractivity contribution in [2.75, 3.05) is 13.4 Å². The zero-order valence-electron chi connectivity index (χ0n) is 11.5. The topological polar surface area (TPSA) is 43.4 Å². The number of sulfone groups is 1. The van der Waals surface area contributed by atoms with Crippen LogP contribution in [0, 0.1) is 0 Å². The quantitative estimate of drug-likeness (QED) is 0.736. The first-order valence-electron chi connectivity index (χ1n) is 6.10. The monoisotopic (exact) mass is 388 g/mol. The molecule has 3 nitrogen and oxygen atoms in total. The van der Waals surface area contributed by atoms with Crippen LogP contribution in [0.4, 0.5) is 0 Å². The van der Waals surface area contributed by atoms with Crippen molar-refractivity contribution in [1.29, 1.82) is 0 Å². The van der Waals surface area contributed by atoms with Crippen molar-refractivity contribution < 1.29 is 13.2 Å². The molecule has 0 radical (unpaired) electrons. The van der Waals surface area contributed by atoms with E-state index >= 15 is 0 Å². The van der Waals surface area contributed by atoms with Gasteiger partial charge in [0, 0.05) is 16.3 Å². The largest absolute Gasteiger partial charge is 0.496 e. The van der Waals surface area contributed by atoms with Gasteiger partial charge in [0.05, 0.1) is 17.4 Å². The highest BCUT2D eigenvalue weighted by atomic mass is 79.9. The Morgan fingerprint density at radius 2 is 1.76 bits per heavy atom. The van der Waals surface area contributed by atoms with Crippen molar-refractivity contribution in [1.82, 2.24) is 0 Å². The van der Waals surface area contributed by atoms with Crippen molar-refractivity contribution in [3.8, 4) is 5.75 Å². The Morgan fingerprint density at radius 1 is 1.14 bits per heavy atom. The van der Waals surface area contributed by atoms with Crippen molar-refractivity contribution in [2.24, 2.45) is 0 Å². The molecule has 0 aromatic heterocycles. The first-order chi connectivity index (χ1) is 9.82. The fourth-order valence-corrected chi connectivity index (χ4v) is 3.29. The Labute approximate surface area is 137 Å². The van der Waals surface area contributed by atoms with Crippen LogP contribution in [-0.2, 0) is 9.84 Å². The number of rotatable bonds is 4. The molecule has 0 aliphatic rings. The zero-order chi connectivity index (χ0) is 15.6. The van der Waals surface area contributed by atoms with E-state index in [1.165, 1.54) is 6.26 Å². The van der Waals surface area contributed by atoms with Gasteiger partial charge in [-0.05, 0) is 35.9 Å². The van der Waals surface area contributed by atoms with Crippen LogP contribution in [0.25, 0.3) is 0 Å². The molecule has 2 aromatic rings. The van der Waals surface area contributed by atoms with Gasteiger partial charge in [0.2, 0.25) is 0 Å². The van der Waals surface area contributed by atoms with E-state index in [2.05, 4.69) is 15.9 Å². The molecular weight excluding hydrogens is 376 g/mol. The molecule has 0 amide bonds. The number of hydrogen-bond donors (Lipinski definition) is 0. The van der Waals surface area contributed by atoms with Gasteiger partial charge in [0.15, 0.2) is 9.84 Å². The molecule has 0 saturated heterocycles. The molecule has 1 unspecified atom stereocenters. The third-order valence-corrected chi connectivity index (χ3v) is 5.17. The Kier molecular flexibility index (Phi) is 4.96. The molecule has 2 aromatic carbocycles. The van der Waals surface area contributed by atoms with E-state index in [9.17, 15) is 8.42 Å². The fraction of sp³-hybridized carbons (Fsp3) is 0.200. The number of ether oxygens (including phenoxy) is 1. The molecular formula is C15H14BrClO3S. The molecule has 0 saturated carbocycles. The summed E-state index contributed by atoms with van der Waals surface area (Å²) in [5.41, 5.74) is 1.63. The van der Waals surface area contributed by atoms with Crippen LogP contribution >= 0.6 is 27.5 Å². The van der Waals surface area contributed by atoms with Gasteiger partial charge in [0.1, 0.15) is 5.75 Å². The second-order valence-electron chi connectivity index (χ2n) is 4.59. The normalized spacial score (nSPS) is 13.0. The summed E-state index contributed by atoms with van der Waals surface area (Å²) in [5, 5.41) is -0.425. The van der Waals surface area contributed by atoms with E-state index in [0.717, 1.165) is 15.6 Å². The molecule has 0 N–H and O–H groups in total. The lowest BCUT2D eigenvalue weighted by atomic mass is 10.0. The van der Waals surface area contributed by atoms with Crippen molar-refractivity contribution in [3.63, 3.8) is 0 Å². The molecule has 0 spiro atoms. The van der Waals surface area contributed by atoms with Gasteiger partial charge in [-0.15, -0.1) is 11.6 Å². The predicted molar refractivity (Wildman–Crippen MR) is 87.9 cm³/mol. The second-order valence-corrected chi connectivity index (χ2v) is 7.96. The lowest BCUT2D eigenvalue weighted by molar-refractivity contribution is 0.410. The Morgan fingerprint density at radius 3 is 2.29 bits per heavy atom. The van der Waals surface area contributed by atoms with Gasteiger partial charge < -0.3 is 4.74 Å². The van der Waals surface area contributed by atoms with Crippen molar-refractivity contribution in [3.05, 3.63) is 58.1 Å². The summed E-state index contributed by atoms with van der Waals surface area (Å²) < 4.78 is 29.2. The average Bonchev–Trinajstić information content (AvgIpc) is 2.45. The van der Waals surface area contributed by atoms with Gasteiger partial charge >= 0.3 is 0 Å². The summed E-state index contributed by atoms with van der Waals surface area (Å²) in [6, 6.07) is 12.1. The van der Waals surface area contributed by atoms with Gasteiger partial charge in [-0.3, -0.25) is 0 Å². The van der Waals surface area contributed by atoms with Gasteiger partial charge in [0.25, 0.3) is 0 Å². The highest BCUT2D eigenvalue weighted by Crippen LogP contribution is 2.36. The number of halogens is 2. The molecule has 112 valence electrons. The van der Waals surface area contributed by atoms with Crippen LogP contribution in [0.5, 0.6) is 5.75 Å². The summed E-state index contributed by atoms with van der Waals surface area (Å²) in [6.07, 6.45) is 1.18. The minimum atomic E-state index is -3.20. The molecule has 6 heteroatoms. The first kappa shape index (κ1) is 16.3. The number of methoxy groups -OCH3 is 1. The van der Waals surface area contributed by atoms with E-state index in [0.29, 0.717) is 5.75 Å². The highest BCUT2D eigenvalue weighted by molar-refractivity contribution is 9.10. The van der Waals surface area contributed by atoms with Crippen molar-refractivity contribution in [2.45, 2.75) is 10.3 Å². The molecule has 0 aliphatic heterocycles. The van der Waals surface area contributed by atoms with Gasteiger partial charge in [-0.25, -0.2) is 8.42 Å². The minimum absolute atomic E-state index is 0.274. The maximum absolute atomic E-state index is 11.5. The molecule has 0 aliphatic carbocycles. The summed E-state index contributed by atoms with van der Waals surface area (Å²) in [5.74, 6) is 0.686. The number of hydrogen-bond acceptors (Lipinski definition) is 3. The van der Waals surface area contributed by atoms with E-state index in [4.69, 9.17) is 16.3 Å². The van der Waals surface area contributed by atoms with Crippen LogP contribution < -0.4 is 4.74 Å². The predicted octanol–water partition coefficient (Wildman–Crippen LogP) is 4.19. The van der Waals surface area contributed by atoms with Crippen LogP contribution in [0.3, 0.4) is 0 Å². The molecule has 0 heterocycles. The Bertz CT molecular complexity index is 742. The standard InChI is InChI=1S/C15H14BrClO3S/c1-20-14-8-5-11(16)9-13(14)15(17)10-3-6-12(7-4-10)21(2,18)19/h3-9,15H,1-2H3. The molecule has 2 rings (SSSR count). The zero-order valence-corrected chi connectivity index (χ0v) is 14.7. The van der Waals surface area contributed by atoms with Crippen molar-refractivity contribution >= 4 is 37.4 Å². The first-order valence-corrected chi connectivity index (χ1v) is 9.22. The average molecular weight is 390 g/mol. The minimum Gasteiger partial charge on any atom is -0.496 e. The highest BCUT2D eigenvalue weighted by Gasteiger charge is 2.17. The number of benzene rings is 2. The third kappa shape index (κ3) is 3.78. The lowest BCUT2D eigenvalue weighted by Crippen LogP contribution is -2.00. The third-order valence-electron chi connectivity index (χ3n) is 3.07. The molecule has 0 bridgehead atoms.